The van der Waals surface area contributed by atoms with Gasteiger partial charge in [-0.05, 0) is 46.1 Å². The van der Waals surface area contributed by atoms with Gasteiger partial charge in [0, 0.05) is 18.6 Å². The summed E-state index contributed by atoms with van der Waals surface area (Å²) in [6.45, 7) is 6.07. The van der Waals surface area contributed by atoms with Crippen LogP contribution in [0.25, 0.3) is 0 Å². The third-order valence-electron chi connectivity index (χ3n) is 3.95. The first kappa shape index (κ1) is 12.8. The van der Waals surface area contributed by atoms with Gasteiger partial charge in [-0.25, -0.2) is 0 Å². The molecular formula is C13H24N2O2. The molecule has 0 amide bonds. The number of likely N-dealkylation sites (tertiary alicyclic amines) is 1. The molecule has 2 aliphatic rings. The molecule has 98 valence electrons. The third kappa shape index (κ3) is 2.99. The molecule has 1 aliphatic heterocycles. The summed E-state index contributed by atoms with van der Waals surface area (Å²) in [5.74, 6) is -0.136. The molecule has 1 N–H and O–H groups in total. The highest BCUT2D eigenvalue weighted by Gasteiger charge is 2.41. The lowest BCUT2D eigenvalue weighted by Gasteiger charge is -2.34. The van der Waals surface area contributed by atoms with Crippen molar-refractivity contribution in [3.05, 3.63) is 0 Å². The number of rotatable bonds is 5. The summed E-state index contributed by atoms with van der Waals surface area (Å²) < 4.78 is 4.96. The van der Waals surface area contributed by atoms with Crippen LogP contribution in [0.4, 0.5) is 0 Å². The van der Waals surface area contributed by atoms with Crippen LogP contribution in [0.2, 0.25) is 0 Å². The molecule has 0 radical (unpaired) electrons. The molecule has 1 saturated carbocycles. The van der Waals surface area contributed by atoms with Gasteiger partial charge in [0.15, 0.2) is 0 Å². The van der Waals surface area contributed by atoms with Crippen LogP contribution < -0.4 is 5.32 Å². The highest BCUT2D eigenvalue weighted by Crippen LogP contribution is 2.26. The van der Waals surface area contributed by atoms with Crippen LogP contribution in [0.5, 0.6) is 0 Å². The lowest BCUT2D eigenvalue weighted by atomic mass is 10.0. The number of ether oxygens (including phenoxy) is 1. The van der Waals surface area contributed by atoms with E-state index in [0.29, 0.717) is 12.1 Å². The molecular weight excluding hydrogens is 216 g/mol. The third-order valence-corrected chi connectivity index (χ3v) is 3.95. The summed E-state index contributed by atoms with van der Waals surface area (Å²) in [5, 5.41) is 3.45. The van der Waals surface area contributed by atoms with Crippen molar-refractivity contribution < 1.29 is 9.53 Å². The molecule has 0 aromatic heterocycles. The van der Waals surface area contributed by atoms with E-state index >= 15 is 0 Å². The molecule has 1 heterocycles. The molecule has 2 atom stereocenters. The van der Waals surface area contributed by atoms with Gasteiger partial charge in [-0.15, -0.1) is 0 Å². The fourth-order valence-corrected chi connectivity index (χ4v) is 2.71. The highest BCUT2D eigenvalue weighted by molar-refractivity contribution is 5.80. The normalized spacial score (nSPS) is 29.0. The minimum Gasteiger partial charge on any atom is -0.468 e. The lowest BCUT2D eigenvalue weighted by Crippen LogP contribution is -2.58. The number of carbonyl (C=O) groups is 1. The Morgan fingerprint density at radius 2 is 2.18 bits per heavy atom. The Morgan fingerprint density at radius 3 is 2.65 bits per heavy atom. The van der Waals surface area contributed by atoms with E-state index in [-0.39, 0.29) is 5.97 Å². The first-order valence-electron chi connectivity index (χ1n) is 6.65. The molecule has 2 rings (SSSR count). The van der Waals surface area contributed by atoms with Crippen molar-refractivity contribution in [1.29, 1.82) is 0 Å². The first-order chi connectivity index (χ1) is 8.05. The smallest absolute Gasteiger partial charge is 0.327 e. The molecule has 17 heavy (non-hydrogen) atoms. The van der Waals surface area contributed by atoms with Gasteiger partial charge in [0.25, 0.3) is 0 Å². The zero-order valence-corrected chi connectivity index (χ0v) is 11.2. The van der Waals surface area contributed by atoms with E-state index in [1.165, 1.54) is 32.8 Å². The maximum Gasteiger partial charge on any atom is 0.327 e. The molecule has 4 heteroatoms. The zero-order chi connectivity index (χ0) is 12.5. The van der Waals surface area contributed by atoms with E-state index in [4.69, 9.17) is 4.74 Å². The van der Waals surface area contributed by atoms with Gasteiger partial charge < -0.3 is 4.74 Å². The molecule has 0 aromatic carbocycles. The minimum atomic E-state index is -0.547. The zero-order valence-electron chi connectivity index (χ0n) is 11.2. The van der Waals surface area contributed by atoms with Crippen molar-refractivity contribution in [2.45, 2.75) is 57.2 Å². The van der Waals surface area contributed by atoms with Crippen LogP contribution >= 0.6 is 0 Å². The monoisotopic (exact) mass is 240 g/mol. The first-order valence-corrected chi connectivity index (χ1v) is 6.65. The minimum absolute atomic E-state index is 0.136. The predicted octanol–water partition coefficient (Wildman–Crippen LogP) is 1.15. The second-order valence-corrected chi connectivity index (χ2v) is 5.70. The molecule has 1 saturated heterocycles. The van der Waals surface area contributed by atoms with Crippen LogP contribution in [-0.2, 0) is 9.53 Å². The van der Waals surface area contributed by atoms with Crippen LogP contribution in [0, 0.1) is 0 Å². The summed E-state index contributed by atoms with van der Waals surface area (Å²) >= 11 is 0. The summed E-state index contributed by atoms with van der Waals surface area (Å²) in [6.07, 6.45) is 4.84. The second-order valence-electron chi connectivity index (χ2n) is 5.70. The average Bonchev–Trinajstić information content (AvgIpc) is 3.02. The SMILES string of the molecule is COC(=O)C(C)(CN1CCCC1C)NC1CC1. The van der Waals surface area contributed by atoms with E-state index in [1.807, 2.05) is 6.92 Å². The van der Waals surface area contributed by atoms with Gasteiger partial charge in [-0.3, -0.25) is 15.0 Å². The van der Waals surface area contributed by atoms with Crippen LogP contribution in [0.15, 0.2) is 0 Å². The largest absolute Gasteiger partial charge is 0.468 e. The number of nitrogens with zero attached hydrogens (tertiary/aromatic N) is 1. The lowest BCUT2D eigenvalue weighted by molar-refractivity contribution is -0.149. The van der Waals surface area contributed by atoms with Gasteiger partial charge >= 0.3 is 5.97 Å². The van der Waals surface area contributed by atoms with Crippen molar-refractivity contribution in [2.75, 3.05) is 20.2 Å². The van der Waals surface area contributed by atoms with Crippen LogP contribution in [0.1, 0.15) is 39.5 Å². The van der Waals surface area contributed by atoms with Gasteiger partial charge in [-0.2, -0.15) is 0 Å². The summed E-state index contributed by atoms with van der Waals surface area (Å²) in [7, 11) is 1.47. The highest BCUT2D eigenvalue weighted by atomic mass is 16.5. The maximum atomic E-state index is 12.0. The summed E-state index contributed by atoms with van der Waals surface area (Å²) in [6, 6.07) is 1.09. The van der Waals surface area contributed by atoms with E-state index < -0.39 is 5.54 Å². The van der Waals surface area contributed by atoms with Crippen molar-refractivity contribution in [2.24, 2.45) is 0 Å². The Kier molecular flexibility index (Phi) is 3.73. The van der Waals surface area contributed by atoms with Crippen LogP contribution in [0.3, 0.4) is 0 Å². The molecule has 1 aliphatic carbocycles. The van der Waals surface area contributed by atoms with Crippen LogP contribution in [-0.4, -0.2) is 48.7 Å². The fourth-order valence-electron chi connectivity index (χ4n) is 2.71. The molecule has 2 fully saturated rings. The number of esters is 1. The number of nitrogens with one attached hydrogen (secondary N) is 1. The quantitative estimate of drug-likeness (QED) is 0.732. The number of hydrogen-bond acceptors (Lipinski definition) is 4. The Balaban J connectivity index is 2.00. The van der Waals surface area contributed by atoms with Gasteiger partial charge in [-0.1, -0.05) is 0 Å². The Morgan fingerprint density at radius 1 is 1.47 bits per heavy atom. The van der Waals surface area contributed by atoms with E-state index in [9.17, 15) is 4.79 Å². The fraction of sp³-hybridized carbons (Fsp3) is 0.923. The topological polar surface area (TPSA) is 41.6 Å². The summed E-state index contributed by atoms with van der Waals surface area (Å²) in [5.41, 5.74) is -0.547. The second kappa shape index (κ2) is 4.94. The maximum absolute atomic E-state index is 12.0. The van der Waals surface area contributed by atoms with Crippen molar-refractivity contribution in [1.82, 2.24) is 10.2 Å². The Hall–Kier alpha value is -0.610. The Labute approximate surface area is 104 Å². The van der Waals surface area contributed by atoms with E-state index in [0.717, 1.165) is 13.1 Å². The van der Waals surface area contributed by atoms with Gasteiger partial charge in [0.05, 0.1) is 7.11 Å². The Bertz CT molecular complexity index is 291. The molecule has 0 aromatic rings. The molecule has 2 unspecified atom stereocenters. The number of hydrogen-bond donors (Lipinski definition) is 1. The average molecular weight is 240 g/mol. The standard InChI is InChI=1S/C13H24N2O2/c1-10-5-4-8-15(10)9-13(2,12(16)17-3)14-11-6-7-11/h10-11,14H,4-9H2,1-3H3. The molecule has 0 spiro atoms. The van der Waals surface area contributed by atoms with Crippen molar-refractivity contribution in [3.63, 3.8) is 0 Å². The predicted molar refractivity (Wildman–Crippen MR) is 66.8 cm³/mol. The van der Waals surface area contributed by atoms with Crippen molar-refractivity contribution >= 4 is 5.97 Å². The summed E-state index contributed by atoms with van der Waals surface area (Å²) in [4.78, 5) is 14.4. The van der Waals surface area contributed by atoms with E-state index in [2.05, 4.69) is 17.1 Å². The van der Waals surface area contributed by atoms with Gasteiger partial charge in [0.2, 0.25) is 0 Å². The van der Waals surface area contributed by atoms with E-state index in [1.54, 1.807) is 0 Å². The van der Waals surface area contributed by atoms with Crippen molar-refractivity contribution in [3.8, 4) is 0 Å². The van der Waals surface area contributed by atoms with Gasteiger partial charge in [0.1, 0.15) is 5.54 Å². The molecule has 0 bridgehead atoms. The molecule has 4 nitrogen and oxygen atoms in total. The number of carbonyl (C=O) groups excluding carboxylic acids is 1. The number of methoxy groups -OCH3 is 1.